The molecule has 0 aliphatic carbocycles. The van der Waals surface area contributed by atoms with Gasteiger partial charge in [-0.05, 0) is 23.6 Å². The third kappa shape index (κ3) is 5.21. The molecule has 0 atom stereocenters. The number of rotatable bonds is 6. The SMILES string of the molecule is CC(C)COc1ccc(CNC(=O)C(C)C)cc1. The summed E-state index contributed by atoms with van der Waals surface area (Å²) in [6, 6.07) is 7.85. The van der Waals surface area contributed by atoms with E-state index in [2.05, 4.69) is 19.2 Å². The molecule has 0 aromatic heterocycles. The Morgan fingerprint density at radius 1 is 1.17 bits per heavy atom. The van der Waals surface area contributed by atoms with Gasteiger partial charge in [0.05, 0.1) is 6.61 Å². The Morgan fingerprint density at radius 2 is 1.78 bits per heavy atom. The van der Waals surface area contributed by atoms with Crippen LogP contribution in [0, 0.1) is 11.8 Å². The molecule has 0 radical (unpaired) electrons. The van der Waals surface area contributed by atoms with Crippen LogP contribution in [0.15, 0.2) is 24.3 Å². The number of carbonyl (C=O) groups excluding carboxylic acids is 1. The predicted octanol–water partition coefficient (Wildman–Crippen LogP) is 2.99. The second kappa shape index (κ2) is 7.04. The Hall–Kier alpha value is -1.51. The summed E-state index contributed by atoms with van der Waals surface area (Å²) < 4.78 is 5.60. The first-order valence-corrected chi connectivity index (χ1v) is 6.48. The molecule has 18 heavy (non-hydrogen) atoms. The summed E-state index contributed by atoms with van der Waals surface area (Å²) in [5, 5.41) is 2.89. The van der Waals surface area contributed by atoms with Crippen LogP contribution in [-0.2, 0) is 11.3 Å². The van der Waals surface area contributed by atoms with Crippen molar-refractivity contribution >= 4 is 5.91 Å². The Bertz CT molecular complexity index is 369. The number of hydrogen-bond donors (Lipinski definition) is 1. The molecule has 3 nitrogen and oxygen atoms in total. The topological polar surface area (TPSA) is 38.3 Å². The summed E-state index contributed by atoms with van der Waals surface area (Å²) in [5.41, 5.74) is 1.08. The quantitative estimate of drug-likeness (QED) is 0.841. The van der Waals surface area contributed by atoms with Gasteiger partial charge >= 0.3 is 0 Å². The van der Waals surface area contributed by atoms with E-state index in [0.29, 0.717) is 12.5 Å². The fourth-order valence-corrected chi connectivity index (χ4v) is 1.36. The van der Waals surface area contributed by atoms with Gasteiger partial charge in [0.25, 0.3) is 0 Å². The van der Waals surface area contributed by atoms with Crippen LogP contribution in [-0.4, -0.2) is 12.5 Å². The van der Waals surface area contributed by atoms with Crippen LogP contribution in [0.2, 0.25) is 0 Å². The maximum Gasteiger partial charge on any atom is 0.222 e. The molecule has 0 spiro atoms. The van der Waals surface area contributed by atoms with Crippen molar-refractivity contribution in [1.29, 1.82) is 0 Å². The summed E-state index contributed by atoms with van der Waals surface area (Å²) in [5.74, 6) is 1.51. The molecule has 0 unspecified atom stereocenters. The van der Waals surface area contributed by atoms with E-state index < -0.39 is 0 Å². The van der Waals surface area contributed by atoms with Crippen LogP contribution < -0.4 is 10.1 Å². The lowest BCUT2D eigenvalue weighted by atomic mass is 10.2. The zero-order chi connectivity index (χ0) is 13.5. The van der Waals surface area contributed by atoms with Crippen LogP contribution in [0.3, 0.4) is 0 Å². The molecule has 0 saturated carbocycles. The van der Waals surface area contributed by atoms with Crippen LogP contribution >= 0.6 is 0 Å². The molecule has 1 amide bonds. The molecule has 3 heteroatoms. The first kappa shape index (κ1) is 14.6. The number of hydrogen-bond acceptors (Lipinski definition) is 2. The van der Waals surface area contributed by atoms with Crippen molar-refractivity contribution < 1.29 is 9.53 Å². The predicted molar refractivity (Wildman–Crippen MR) is 73.5 cm³/mol. The molecule has 0 saturated heterocycles. The van der Waals surface area contributed by atoms with Crippen molar-refractivity contribution in [1.82, 2.24) is 5.32 Å². The van der Waals surface area contributed by atoms with Gasteiger partial charge in [-0.15, -0.1) is 0 Å². The van der Waals surface area contributed by atoms with Gasteiger partial charge in [-0.2, -0.15) is 0 Å². The van der Waals surface area contributed by atoms with Crippen molar-refractivity contribution in [2.75, 3.05) is 6.61 Å². The molecular weight excluding hydrogens is 226 g/mol. The average molecular weight is 249 g/mol. The molecule has 0 heterocycles. The maximum absolute atomic E-state index is 11.4. The van der Waals surface area contributed by atoms with Gasteiger partial charge < -0.3 is 10.1 Å². The first-order chi connectivity index (χ1) is 8.49. The first-order valence-electron chi connectivity index (χ1n) is 6.48. The Morgan fingerprint density at radius 3 is 2.28 bits per heavy atom. The standard InChI is InChI=1S/C15H23NO2/c1-11(2)10-18-14-7-5-13(6-8-14)9-16-15(17)12(3)4/h5-8,11-12H,9-10H2,1-4H3,(H,16,17). The summed E-state index contributed by atoms with van der Waals surface area (Å²) in [6.45, 7) is 9.31. The molecule has 1 aromatic rings. The highest BCUT2D eigenvalue weighted by Crippen LogP contribution is 2.13. The number of amides is 1. The number of carbonyl (C=O) groups is 1. The highest BCUT2D eigenvalue weighted by atomic mass is 16.5. The van der Waals surface area contributed by atoms with Crippen molar-refractivity contribution in [3.63, 3.8) is 0 Å². The summed E-state index contributed by atoms with van der Waals surface area (Å²) in [6.07, 6.45) is 0. The van der Waals surface area contributed by atoms with Crippen molar-refractivity contribution in [3.8, 4) is 5.75 Å². The Labute approximate surface area is 110 Å². The molecule has 0 bridgehead atoms. The number of nitrogens with one attached hydrogen (secondary N) is 1. The zero-order valence-corrected chi connectivity index (χ0v) is 11.7. The fourth-order valence-electron chi connectivity index (χ4n) is 1.36. The van der Waals surface area contributed by atoms with Gasteiger partial charge in [0, 0.05) is 12.5 Å². The van der Waals surface area contributed by atoms with Crippen molar-refractivity contribution in [2.24, 2.45) is 11.8 Å². The third-order valence-corrected chi connectivity index (χ3v) is 2.50. The normalized spacial score (nSPS) is 10.8. The monoisotopic (exact) mass is 249 g/mol. The highest BCUT2D eigenvalue weighted by Gasteiger charge is 2.05. The Kier molecular flexibility index (Phi) is 5.69. The van der Waals surface area contributed by atoms with Crippen LogP contribution in [0.25, 0.3) is 0 Å². The smallest absolute Gasteiger partial charge is 0.222 e. The van der Waals surface area contributed by atoms with Crippen molar-refractivity contribution in [3.05, 3.63) is 29.8 Å². The van der Waals surface area contributed by atoms with E-state index >= 15 is 0 Å². The lowest BCUT2D eigenvalue weighted by Gasteiger charge is -2.10. The molecule has 1 N–H and O–H groups in total. The largest absolute Gasteiger partial charge is 0.493 e. The second-order valence-electron chi connectivity index (χ2n) is 5.22. The maximum atomic E-state index is 11.4. The van der Waals surface area contributed by atoms with Gasteiger partial charge in [0.15, 0.2) is 0 Å². The molecule has 0 aliphatic rings. The van der Waals surface area contributed by atoms with E-state index in [1.807, 2.05) is 38.1 Å². The van der Waals surface area contributed by atoms with Crippen LogP contribution in [0.5, 0.6) is 5.75 Å². The minimum atomic E-state index is 0.0265. The van der Waals surface area contributed by atoms with Crippen molar-refractivity contribution in [2.45, 2.75) is 34.2 Å². The van der Waals surface area contributed by atoms with Gasteiger partial charge in [0.2, 0.25) is 5.91 Å². The lowest BCUT2D eigenvalue weighted by Crippen LogP contribution is -2.27. The zero-order valence-electron chi connectivity index (χ0n) is 11.7. The van der Waals surface area contributed by atoms with E-state index in [0.717, 1.165) is 17.9 Å². The highest BCUT2D eigenvalue weighted by molar-refractivity contribution is 5.77. The van der Waals surface area contributed by atoms with E-state index in [-0.39, 0.29) is 11.8 Å². The number of benzene rings is 1. The third-order valence-electron chi connectivity index (χ3n) is 2.50. The van der Waals surface area contributed by atoms with Crippen LogP contribution in [0.1, 0.15) is 33.3 Å². The van der Waals surface area contributed by atoms with E-state index in [4.69, 9.17) is 4.74 Å². The second-order valence-corrected chi connectivity index (χ2v) is 5.22. The summed E-state index contributed by atoms with van der Waals surface area (Å²) >= 11 is 0. The van der Waals surface area contributed by atoms with E-state index in [9.17, 15) is 4.79 Å². The van der Waals surface area contributed by atoms with E-state index in [1.54, 1.807) is 0 Å². The van der Waals surface area contributed by atoms with Gasteiger partial charge in [-0.25, -0.2) is 0 Å². The minimum Gasteiger partial charge on any atom is -0.493 e. The molecule has 1 aromatic carbocycles. The summed E-state index contributed by atoms with van der Waals surface area (Å²) in [7, 11) is 0. The van der Waals surface area contributed by atoms with Gasteiger partial charge in [-0.3, -0.25) is 4.79 Å². The molecule has 0 fully saturated rings. The lowest BCUT2D eigenvalue weighted by molar-refractivity contribution is -0.124. The fraction of sp³-hybridized carbons (Fsp3) is 0.533. The average Bonchev–Trinajstić information content (AvgIpc) is 2.34. The number of ether oxygens (including phenoxy) is 1. The molecular formula is C15H23NO2. The molecule has 100 valence electrons. The van der Waals surface area contributed by atoms with Gasteiger partial charge in [-0.1, -0.05) is 39.8 Å². The minimum absolute atomic E-state index is 0.0265. The van der Waals surface area contributed by atoms with E-state index in [1.165, 1.54) is 0 Å². The van der Waals surface area contributed by atoms with Crippen LogP contribution in [0.4, 0.5) is 0 Å². The Balaban J connectivity index is 2.43. The van der Waals surface area contributed by atoms with Gasteiger partial charge in [0.1, 0.15) is 5.75 Å². The summed E-state index contributed by atoms with van der Waals surface area (Å²) in [4.78, 5) is 11.4. The molecule has 1 rings (SSSR count). The molecule has 0 aliphatic heterocycles.